The first-order valence-electron chi connectivity index (χ1n) is 3.91. The van der Waals surface area contributed by atoms with Crippen molar-refractivity contribution in [2.24, 2.45) is 0 Å². The van der Waals surface area contributed by atoms with E-state index in [0.29, 0.717) is 19.7 Å². The Morgan fingerprint density at radius 1 is 1.69 bits per heavy atom. The van der Waals surface area contributed by atoms with Crippen LogP contribution in [0.5, 0.6) is 0 Å². The molecule has 72 valence electrons. The molecule has 0 bridgehead atoms. The van der Waals surface area contributed by atoms with Crippen LogP contribution < -0.4 is 0 Å². The molecule has 0 saturated carbocycles. The molecular formula is C8H10ClNO3. The van der Waals surface area contributed by atoms with E-state index in [2.05, 4.69) is 0 Å². The van der Waals surface area contributed by atoms with Crippen LogP contribution in [0.4, 0.5) is 0 Å². The minimum absolute atomic E-state index is 0.0575. The van der Waals surface area contributed by atoms with Crippen molar-refractivity contribution in [1.82, 2.24) is 4.90 Å². The van der Waals surface area contributed by atoms with Gasteiger partial charge in [-0.1, -0.05) is 6.08 Å². The van der Waals surface area contributed by atoms with Gasteiger partial charge in [0.25, 0.3) is 0 Å². The molecule has 0 aliphatic carbocycles. The molecule has 0 radical (unpaired) electrons. The predicted octanol–water partition coefficient (Wildman–Crippen LogP) is 0.167. The summed E-state index contributed by atoms with van der Waals surface area (Å²) in [5.74, 6) is -0.0575. The molecule has 1 amide bonds. The van der Waals surface area contributed by atoms with E-state index < -0.39 is 5.24 Å². The summed E-state index contributed by atoms with van der Waals surface area (Å²) in [7, 11) is 0. The summed E-state index contributed by atoms with van der Waals surface area (Å²) in [5, 5.41) is -0.527. The Morgan fingerprint density at radius 3 is 3.08 bits per heavy atom. The van der Waals surface area contributed by atoms with E-state index >= 15 is 0 Å². The Kier molecular flexibility index (Phi) is 3.92. The normalized spacial score (nSPS) is 18.2. The van der Waals surface area contributed by atoms with Gasteiger partial charge in [-0.2, -0.15) is 0 Å². The number of ether oxygens (including phenoxy) is 1. The molecular weight excluding hydrogens is 194 g/mol. The summed E-state index contributed by atoms with van der Waals surface area (Å²) in [6.07, 6.45) is 2.81. The van der Waals surface area contributed by atoms with Gasteiger partial charge >= 0.3 is 0 Å². The van der Waals surface area contributed by atoms with Crippen LogP contribution in [0, 0.1) is 0 Å². The maximum atomic E-state index is 11.1. The van der Waals surface area contributed by atoms with Gasteiger partial charge in [0.15, 0.2) is 0 Å². The zero-order valence-electron chi connectivity index (χ0n) is 7.03. The van der Waals surface area contributed by atoms with Crippen LogP contribution in [0.15, 0.2) is 12.2 Å². The van der Waals surface area contributed by atoms with Crippen LogP contribution in [0.2, 0.25) is 0 Å². The van der Waals surface area contributed by atoms with E-state index in [4.69, 9.17) is 16.3 Å². The fourth-order valence-electron chi connectivity index (χ4n) is 1.02. The number of hydrogen-bond acceptors (Lipinski definition) is 3. The van der Waals surface area contributed by atoms with Crippen molar-refractivity contribution in [2.45, 2.75) is 0 Å². The van der Waals surface area contributed by atoms with Gasteiger partial charge in [0.2, 0.25) is 11.1 Å². The van der Waals surface area contributed by atoms with E-state index in [9.17, 15) is 9.59 Å². The summed E-state index contributed by atoms with van der Waals surface area (Å²) in [5.41, 5.74) is 0. The average Bonchev–Trinajstić information content (AvgIpc) is 2.08. The van der Waals surface area contributed by atoms with Gasteiger partial charge in [-0.25, -0.2) is 0 Å². The second kappa shape index (κ2) is 4.99. The Labute approximate surface area is 81.1 Å². The third-order valence-corrected chi connectivity index (χ3v) is 1.78. The molecule has 1 heterocycles. The van der Waals surface area contributed by atoms with Crippen molar-refractivity contribution in [3.8, 4) is 0 Å². The number of rotatable bonds is 3. The number of carbonyl (C=O) groups is 2. The van der Waals surface area contributed by atoms with Gasteiger partial charge in [-0.05, 0) is 17.7 Å². The van der Waals surface area contributed by atoms with Crippen LogP contribution in [0.3, 0.4) is 0 Å². The van der Waals surface area contributed by atoms with Crippen molar-refractivity contribution in [2.75, 3.05) is 26.3 Å². The molecule has 0 aromatic heterocycles. The Hall–Kier alpha value is -0.870. The summed E-state index contributed by atoms with van der Waals surface area (Å²) >= 11 is 5.08. The zero-order valence-corrected chi connectivity index (χ0v) is 7.79. The summed E-state index contributed by atoms with van der Waals surface area (Å²) in [4.78, 5) is 23.0. The van der Waals surface area contributed by atoms with Crippen LogP contribution in [0.25, 0.3) is 0 Å². The van der Waals surface area contributed by atoms with Gasteiger partial charge < -0.3 is 9.64 Å². The lowest BCUT2D eigenvalue weighted by molar-refractivity contribution is -0.141. The highest BCUT2D eigenvalue weighted by atomic mass is 35.5. The third kappa shape index (κ3) is 3.57. The lowest BCUT2D eigenvalue weighted by Gasteiger charge is -2.25. The fourth-order valence-corrected chi connectivity index (χ4v) is 1.11. The van der Waals surface area contributed by atoms with Gasteiger partial charge in [0.1, 0.15) is 6.61 Å². The smallest absolute Gasteiger partial charge is 0.248 e. The minimum Gasteiger partial charge on any atom is -0.370 e. The Bertz CT molecular complexity index is 240. The number of nitrogens with zero attached hydrogens (tertiary/aromatic N) is 1. The van der Waals surface area contributed by atoms with Crippen LogP contribution in [-0.4, -0.2) is 42.4 Å². The topological polar surface area (TPSA) is 46.6 Å². The first-order chi connectivity index (χ1) is 6.20. The molecule has 13 heavy (non-hydrogen) atoms. The average molecular weight is 204 g/mol. The van der Waals surface area contributed by atoms with E-state index in [0.717, 1.165) is 0 Å². The zero-order chi connectivity index (χ0) is 9.68. The maximum Gasteiger partial charge on any atom is 0.248 e. The number of carbonyl (C=O) groups excluding carboxylic acids is 2. The number of morpholine rings is 1. The molecule has 0 N–H and O–H groups in total. The summed E-state index contributed by atoms with van der Waals surface area (Å²) in [6.45, 7) is 1.66. The molecule has 0 unspecified atom stereocenters. The van der Waals surface area contributed by atoms with Crippen LogP contribution >= 0.6 is 11.6 Å². The number of hydrogen-bond donors (Lipinski definition) is 0. The van der Waals surface area contributed by atoms with Gasteiger partial charge in [-0.3, -0.25) is 9.59 Å². The highest BCUT2D eigenvalue weighted by molar-refractivity contribution is 6.66. The Balaban J connectivity index is 2.34. The molecule has 4 nitrogen and oxygen atoms in total. The first-order valence-corrected chi connectivity index (χ1v) is 4.29. The quantitative estimate of drug-likeness (QED) is 0.485. The molecule has 1 fully saturated rings. The fraction of sp³-hybridized carbons (Fsp3) is 0.500. The monoisotopic (exact) mass is 203 g/mol. The second-order valence-electron chi connectivity index (χ2n) is 2.60. The predicted molar refractivity (Wildman–Crippen MR) is 47.4 cm³/mol. The van der Waals surface area contributed by atoms with Crippen LogP contribution in [-0.2, 0) is 14.3 Å². The lowest BCUT2D eigenvalue weighted by atomic mass is 10.4. The van der Waals surface area contributed by atoms with Gasteiger partial charge in [-0.15, -0.1) is 0 Å². The number of allylic oxidation sites excluding steroid dienone is 1. The minimum atomic E-state index is -0.527. The maximum absolute atomic E-state index is 11.1. The van der Waals surface area contributed by atoms with Gasteiger partial charge in [0.05, 0.1) is 6.61 Å². The van der Waals surface area contributed by atoms with Crippen molar-refractivity contribution < 1.29 is 14.3 Å². The molecule has 1 saturated heterocycles. The molecule has 0 aromatic carbocycles. The van der Waals surface area contributed by atoms with Crippen molar-refractivity contribution in [1.29, 1.82) is 0 Å². The van der Waals surface area contributed by atoms with E-state index in [1.54, 1.807) is 11.0 Å². The van der Waals surface area contributed by atoms with E-state index in [1.165, 1.54) is 6.08 Å². The van der Waals surface area contributed by atoms with Crippen molar-refractivity contribution in [3.05, 3.63) is 12.2 Å². The standard InChI is InChI=1S/C8H10ClNO3/c9-7(11)2-1-3-10-4-5-13-6-8(10)12/h1-2H,3-6H2/b2-1+. The molecule has 5 heteroatoms. The molecule has 0 atom stereocenters. The first kappa shape index (κ1) is 10.2. The van der Waals surface area contributed by atoms with E-state index in [1.807, 2.05) is 0 Å². The number of halogens is 1. The summed E-state index contributed by atoms with van der Waals surface area (Å²) in [6, 6.07) is 0. The number of amides is 1. The highest BCUT2D eigenvalue weighted by Crippen LogP contribution is 1.98. The lowest BCUT2D eigenvalue weighted by Crippen LogP contribution is -2.41. The second-order valence-corrected chi connectivity index (χ2v) is 2.97. The molecule has 1 aliphatic heterocycles. The largest absolute Gasteiger partial charge is 0.370 e. The van der Waals surface area contributed by atoms with Crippen molar-refractivity contribution in [3.63, 3.8) is 0 Å². The van der Waals surface area contributed by atoms with Crippen LogP contribution in [0.1, 0.15) is 0 Å². The van der Waals surface area contributed by atoms with E-state index in [-0.39, 0.29) is 12.5 Å². The Morgan fingerprint density at radius 2 is 2.46 bits per heavy atom. The molecule has 1 aliphatic rings. The third-order valence-electron chi connectivity index (χ3n) is 1.66. The van der Waals surface area contributed by atoms with Crippen molar-refractivity contribution >= 4 is 22.8 Å². The molecule has 0 spiro atoms. The summed E-state index contributed by atoms with van der Waals surface area (Å²) < 4.78 is 4.93. The molecule has 0 aromatic rings. The van der Waals surface area contributed by atoms with Gasteiger partial charge in [0, 0.05) is 13.1 Å². The molecule has 1 rings (SSSR count). The highest BCUT2D eigenvalue weighted by Gasteiger charge is 2.16. The SMILES string of the molecule is O=C(Cl)/C=C/CN1CCOCC1=O.